The summed E-state index contributed by atoms with van der Waals surface area (Å²) in [4.78, 5) is 11.3. The molecular weight excluding hydrogens is 308 g/mol. The summed E-state index contributed by atoms with van der Waals surface area (Å²) in [7, 11) is 0. The summed E-state index contributed by atoms with van der Waals surface area (Å²) in [6, 6.07) is 7.52. The van der Waals surface area contributed by atoms with Crippen molar-refractivity contribution in [2.45, 2.75) is 51.4 Å². The molecule has 1 unspecified atom stereocenters. The Morgan fingerprint density at radius 2 is 1.92 bits per heavy atom. The molecule has 1 fully saturated rings. The number of rotatable bonds is 9. The second kappa shape index (κ2) is 9.18. The van der Waals surface area contributed by atoms with Crippen LogP contribution in [-0.2, 0) is 14.5 Å². The molecule has 1 aliphatic rings. The lowest BCUT2D eigenvalue weighted by Gasteiger charge is -2.39. The van der Waals surface area contributed by atoms with Crippen LogP contribution in [0.25, 0.3) is 5.57 Å². The Morgan fingerprint density at radius 1 is 1.25 bits per heavy atom. The quantitative estimate of drug-likeness (QED) is 0.697. The van der Waals surface area contributed by atoms with Crippen LogP contribution >= 0.6 is 0 Å². The third kappa shape index (κ3) is 4.80. The standard InChI is InChI=1S/C19H28O5/c1-4-10-19(11-5-2)22-14-18(23-24-19)15(3)16-6-8-17(9-7-16)21-13-12-20/h6-9,18,20H,3-5,10-14H2,1-2H3. The SMILES string of the molecule is C=C(c1ccc(OCCO)cc1)C1COC(CCC)(CCC)OO1. The average Bonchev–Trinajstić information content (AvgIpc) is 2.61. The highest BCUT2D eigenvalue weighted by atomic mass is 17.2. The molecule has 0 aliphatic carbocycles. The van der Waals surface area contributed by atoms with E-state index >= 15 is 0 Å². The second-order valence-electron chi connectivity index (χ2n) is 6.01. The third-order valence-electron chi connectivity index (χ3n) is 4.05. The number of aliphatic hydroxyl groups is 1. The first-order valence-electron chi connectivity index (χ1n) is 8.65. The van der Waals surface area contributed by atoms with Gasteiger partial charge in [0.25, 0.3) is 0 Å². The fraction of sp³-hybridized carbons (Fsp3) is 0.579. The van der Waals surface area contributed by atoms with Crippen LogP contribution in [0, 0.1) is 0 Å². The number of aliphatic hydroxyl groups excluding tert-OH is 1. The first-order chi connectivity index (χ1) is 11.6. The molecule has 0 amide bonds. The Hall–Kier alpha value is -1.40. The molecule has 1 aliphatic heterocycles. The number of benzene rings is 1. The number of ether oxygens (including phenoxy) is 2. The topological polar surface area (TPSA) is 57.2 Å². The van der Waals surface area contributed by atoms with E-state index in [0.717, 1.165) is 36.8 Å². The lowest BCUT2D eigenvalue weighted by Crippen LogP contribution is -2.45. The molecule has 1 atom stereocenters. The fourth-order valence-electron chi connectivity index (χ4n) is 2.81. The molecule has 0 saturated carbocycles. The minimum Gasteiger partial charge on any atom is -0.491 e. The zero-order chi connectivity index (χ0) is 17.4. The smallest absolute Gasteiger partial charge is 0.201 e. The first-order valence-corrected chi connectivity index (χ1v) is 8.65. The summed E-state index contributed by atoms with van der Waals surface area (Å²) in [5.74, 6) is 0.0880. The van der Waals surface area contributed by atoms with Gasteiger partial charge < -0.3 is 14.6 Å². The van der Waals surface area contributed by atoms with Crippen molar-refractivity contribution in [1.82, 2.24) is 0 Å². The largest absolute Gasteiger partial charge is 0.491 e. The van der Waals surface area contributed by atoms with Crippen molar-refractivity contribution in [2.75, 3.05) is 19.8 Å². The summed E-state index contributed by atoms with van der Waals surface area (Å²) in [6.45, 7) is 9.04. The summed E-state index contributed by atoms with van der Waals surface area (Å²) >= 11 is 0. The maximum Gasteiger partial charge on any atom is 0.201 e. The van der Waals surface area contributed by atoms with Gasteiger partial charge in [-0.1, -0.05) is 45.4 Å². The van der Waals surface area contributed by atoms with Crippen molar-refractivity contribution >= 4 is 5.57 Å². The van der Waals surface area contributed by atoms with E-state index in [9.17, 15) is 0 Å². The van der Waals surface area contributed by atoms with Gasteiger partial charge in [0.15, 0.2) is 0 Å². The van der Waals surface area contributed by atoms with E-state index in [1.165, 1.54) is 0 Å². The third-order valence-corrected chi connectivity index (χ3v) is 4.05. The molecule has 1 aromatic carbocycles. The predicted octanol–water partition coefficient (Wildman–Crippen LogP) is 3.71. The lowest BCUT2D eigenvalue weighted by molar-refractivity contribution is -0.480. The molecule has 1 heterocycles. The van der Waals surface area contributed by atoms with E-state index in [1.54, 1.807) is 0 Å². The molecule has 1 aromatic rings. The molecule has 0 bridgehead atoms. The molecule has 5 nitrogen and oxygen atoms in total. The van der Waals surface area contributed by atoms with Crippen molar-refractivity contribution in [3.8, 4) is 5.75 Å². The summed E-state index contributed by atoms with van der Waals surface area (Å²) < 4.78 is 11.4. The summed E-state index contributed by atoms with van der Waals surface area (Å²) in [5, 5.41) is 8.78. The highest BCUT2D eigenvalue weighted by Gasteiger charge is 2.38. The van der Waals surface area contributed by atoms with Gasteiger partial charge in [0.1, 0.15) is 18.5 Å². The zero-order valence-corrected chi connectivity index (χ0v) is 14.6. The highest BCUT2D eigenvalue weighted by Crippen LogP contribution is 2.34. The van der Waals surface area contributed by atoms with Gasteiger partial charge in [-0.05, 0) is 23.3 Å². The Bertz CT molecular complexity index is 495. The van der Waals surface area contributed by atoms with Crippen molar-refractivity contribution in [2.24, 2.45) is 0 Å². The molecule has 0 spiro atoms. The van der Waals surface area contributed by atoms with E-state index in [-0.39, 0.29) is 19.3 Å². The Labute approximate surface area is 144 Å². The van der Waals surface area contributed by atoms with Gasteiger partial charge in [-0.15, -0.1) is 0 Å². The van der Waals surface area contributed by atoms with Crippen LogP contribution in [-0.4, -0.2) is 36.8 Å². The molecule has 1 N–H and O–H groups in total. The van der Waals surface area contributed by atoms with E-state index < -0.39 is 5.79 Å². The summed E-state index contributed by atoms with van der Waals surface area (Å²) in [5.41, 5.74) is 1.76. The molecule has 134 valence electrons. The second-order valence-corrected chi connectivity index (χ2v) is 6.01. The first kappa shape index (κ1) is 18.9. The molecule has 5 heteroatoms. The Morgan fingerprint density at radius 3 is 2.42 bits per heavy atom. The Kier molecular flexibility index (Phi) is 7.24. The number of hydrogen-bond acceptors (Lipinski definition) is 5. The van der Waals surface area contributed by atoms with E-state index in [4.69, 9.17) is 24.4 Å². The highest BCUT2D eigenvalue weighted by molar-refractivity contribution is 5.67. The zero-order valence-electron chi connectivity index (χ0n) is 14.6. The van der Waals surface area contributed by atoms with Crippen molar-refractivity contribution in [3.63, 3.8) is 0 Å². The van der Waals surface area contributed by atoms with Gasteiger partial charge >= 0.3 is 0 Å². The summed E-state index contributed by atoms with van der Waals surface area (Å²) in [6.07, 6.45) is 3.26. The average molecular weight is 336 g/mol. The van der Waals surface area contributed by atoms with Crippen LogP contribution in [0.1, 0.15) is 45.1 Å². The van der Waals surface area contributed by atoms with Crippen molar-refractivity contribution in [3.05, 3.63) is 36.4 Å². The van der Waals surface area contributed by atoms with Gasteiger partial charge in [-0.2, -0.15) is 0 Å². The van der Waals surface area contributed by atoms with Gasteiger partial charge in [-0.25, -0.2) is 9.78 Å². The van der Waals surface area contributed by atoms with Crippen LogP contribution in [0.3, 0.4) is 0 Å². The Balaban J connectivity index is 1.94. The molecule has 2 rings (SSSR count). The van der Waals surface area contributed by atoms with Gasteiger partial charge in [0.2, 0.25) is 5.79 Å². The van der Waals surface area contributed by atoms with Crippen LogP contribution in [0.5, 0.6) is 5.75 Å². The fourth-order valence-corrected chi connectivity index (χ4v) is 2.81. The molecular formula is C19H28O5. The van der Waals surface area contributed by atoms with Gasteiger partial charge in [0.05, 0.1) is 13.2 Å². The van der Waals surface area contributed by atoms with Crippen LogP contribution in [0.4, 0.5) is 0 Å². The van der Waals surface area contributed by atoms with Crippen molar-refractivity contribution < 1.29 is 24.4 Å². The van der Waals surface area contributed by atoms with Crippen molar-refractivity contribution in [1.29, 1.82) is 0 Å². The maximum atomic E-state index is 8.78. The monoisotopic (exact) mass is 336 g/mol. The maximum absolute atomic E-state index is 8.78. The van der Waals surface area contributed by atoms with Crippen LogP contribution in [0.2, 0.25) is 0 Å². The van der Waals surface area contributed by atoms with Crippen LogP contribution < -0.4 is 4.74 Å². The predicted molar refractivity (Wildman–Crippen MR) is 92.5 cm³/mol. The van der Waals surface area contributed by atoms with Gasteiger partial charge in [-0.3, -0.25) is 0 Å². The number of hydrogen-bond donors (Lipinski definition) is 1. The molecule has 1 saturated heterocycles. The minimum atomic E-state index is -0.623. The minimum absolute atomic E-state index is 0.00365. The normalized spacial score (nSPS) is 19.9. The van der Waals surface area contributed by atoms with Gasteiger partial charge in [0, 0.05) is 12.8 Å². The van der Waals surface area contributed by atoms with E-state index in [0.29, 0.717) is 12.4 Å². The van der Waals surface area contributed by atoms with E-state index in [1.807, 2.05) is 24.3 Å². The molecule has 24 heavy (non-hydrogen) atoms. The van der Waals surface area contributed by atoms with E-state index in [2.05, 4.69) is 20.4 Å². The molecule has 0 radical (unpaired) electrons. The lowest BCUT2D eigenvalue weighted by atomic mass is 10.0. The molecule has 0 aromatic heterocycles. The van der Waals surface area contributed by atoms with Crippen LogP contribution in [0.15, 0.2) is 30.8 Å².